The molecular weight excluding hydrogens is 300 g/mol. The van der Waals surface area contributed by atoms with Crippen molar-refractivity contribution in [2.24, 2.45) is 0 Å². The second kappa shape index (κ2) is 5.90. The summed E-state index contributed by atoms with van der Waals surface area (Å²) in [6.07, 6.45) is 1.68. The van der Waals surface area contributed by atoms with Crippen molar-refractivity contribution < 1.29 is 4.79 Å². The van der Waals surface area contributed by atoms with Crippen LogP contribution in [-0.4, -0.2) is 20.7 Å². The lowest BCUT2D eigenvalue weighted by atomic mass is 10.3. The number of hydrogen-bond acceptors (Lipinski definition) is 5. The molecule has 0 aliphatic carbocycles. The number of aromatic nitrogens is 3. The number of carbonyl (C=O) groups is 1. The first-order valence-electron chi connectivity index (χ1n) is 6.53. The maximum atomic E-state index is 12.2. The summed E-state index contributed by atoms with van der Waals surface area (Å²) in [6, 6.07) is 11.7. The van der Waals surface area contributed by atoms with Crippen molar-refractivity contribution in [2.45, 2.75) is 6.92 Å². The number of hydrogen-bond donors (Lipinski definition) is 1. The minimum Gasteiger partial charge on any atom is -0.296 e. The van der Waals surface area contributed by atoms with E-state index in [1.54, 1.807) is 30.5 Å². The van der Waals surface area contributed by atoms with Gasteiger partial charge in [0.15, 0.2) is 5.13 Å². The fourth-order valence-corrected chi connectivity index (χ4v) is 2.52. The molecule has 1 amide bonds. The Labute approximate surface area is 130 Å². The molecule has 110 valence electrons. The molecule has 0 aliphatic heterocycles. The van der Waals surface area contributed by atoms with Crippen LogP contribution in [0.4, 0.5) is 5.13 Å². The fraction of sp³-hybridized carbons (Fsp3) is 0.0667. The average molecular weight is 312 g/mol. The fourth-order valence-electron chi connectivity index (χ4n) is 1.86. The standard InChI is InChI=1S/C15H12N4O2S/c1-10-9-16-15(22-10)17-14(21)12-7-8-13(20)19(18-12)11-5-3-2-4-6-11/h2-9H,1H3,(H,16,17,21). The number of thiazole rings is 1. The lowest BCUT2D eigenvalue weighted by Gasteiger charge is -2.06. The number of anilines is 1. The van der Waals surface area contributed by atoms with Gasteiger partial charge in [-0.3, -0.25) is 14.9 Å². The molecule has 0 saturated heterocycles. The van der Waals surface area contributed by atoms with Crippen molar-refractivity contribution >= 4 is 22.4 Å². The van der Waals surface area contributed by atoms with Crippen LogP contribution in [0.1, 0.15) is 15.4 Å². The molecule has 0 atom stereocenters. The van der Waals surface area contributed by atoms with Crippen molar-refractivity contribution in [3.8, 4) is 5.69 Å². The van der Waals surface area contributed by atoms with E-state index in [1.165, 1.54) is 28.2 Å². The summed E-state index contributed by atoms with van der Waals surface area (Å²) in [5.74, 6) is -0.404. The molecule has 0 unspecified atom stereocenters. The van der Waals surface area contributed by atoms with Gasteiger partial charge < -0.3 is 0 Å². The maximum Gasteiger partial charge on any atom is 0.277 e. The largest absolute Gasteiger partial charge is 0.296 e. The Kier molecular flexibility index (Phi) is 3.80. The van der Waals surface area contributed by atoms with Crippen LogP contribution in [0, 0.1) is 6.92 Å². The molecule has 7 heteroatoms. The van der Waals surface area contributed by atoms with Crippen LogP contribution < -0.4 is 10.9 Å². The second-order valence-electron chi connectivity index (χ2n) is 4.53. The van der Waals surface area contributed by atoms with E-state index in [0.717, 1.165) is 4.88 Å². The van der Waals surface area contributed by atoms with E-state index in [2.05, 4.69) is 15.4 Å². The first-order chi connectivity index (χ1) is 10.6. The van der Waals surface area contributed by atoms with Crippen LogP contribution in [0.15, 0.2) is 53.5 Å². The molecule has 22 heavy (non-hydrogen) atoms. The third kappa shape index (κ3) is 2.94. The molecule has 0 bridgehead atoms. The zero-order valence-electron chi connectivity index (χ0n) is 11.7. The summed E-state index contributed by atoms with van der Waals surface area (Å²) in [7, 11) is 0. The summed E-state index contributed by atoms with van der Waals surface area (Å²) in [5, 5.41) is 7.28. The van der Waals surface area contributed by atoms with Crippen LogP contribution in [0.3, 0.4) is 0 Å². The Morgan fingerprint density at radius 2 is 1.95 bits per heavy atom. The first-order valence-corrected chi connectivity index (χ1v) is 7.35. The van der Waals surface area contributed by atoms with Crippen LogP contribution in [0.25, 0.3) is 5.69 Å². The second-order valence-corrected chi connectivity index (χ2v) is 5.77. The van der Waals surface area contributed by atoms with E-state index < -0.39 is 5.91 Å². The summed E-state index contributed by atoms with van der Waals surface area (Å²) < 4.78 is 1.20. The van der Waals surface area contributed by atoms with Crippen LogP contribution in [-0.2, 0) is 0 Å². The summed E-state index contributed by atoms with van der Waals surface area (Å²) in [6.45, 7) is 1.90. The van der Waals surface area contributed by atoms with E-state index in [4.69, 9.17) is 0 Å². The van der Waals surface area contributed by atoms with Gasteiger partial charge in [0.05, 0.1) is 5.69 Å². The summed E-state index contributed by atoms with van der Waals surface area (Å²) in [4.78, 5) is 29.2. The molecule has 0 spiro atoms. The molecule has 0 aliphatic rings. The van der Waals surface area contributed by atoms with Gasteiger partial charge >= 0.3 is 0 Å². The molecule has 3 aromatic rings. The van der Waals surface area contributed by atoms with Crippen molar-refractivity contribution in [1.29, 1.82) is 0 Å². The van der Waals surface area contributed by atoms with Crippen molar-refractivity contribution in [2.75, 3.05) is 5.32 Å². The van der Waals surface area contributed by atoms with E-state index in [-0.39, 0.29) is 11.3 Å². The molecule has 1 N–H and O–H groups in total. The molecule has 0 fully saturated rings. The maximum absolute atomic E-state index is 12.2. The quantitative estimate of drug-likeness (QED) is 0.804. The molecule has 6 nitrogen and oxygen atoms in total. The number of nitrogens with one attached hydrogen (secondary N) is 1. The van der Waals surface area contributed by atoms with Crippen molar-refractivity contribution in [1.82, 2.24) is 14.8 Å². The average Bonchev–Trinajstić information content (AvgIpc) is 2.93. The third-order valence-corrected chi connectivity index (χ3v) is 3.70. The number of amides is 1. The van der Waals surface area contributed by atoms with Crippen molar-refractivity contribution in [3.63, 3.8) is 0 Å². The molecular formula is C15H12N4O2S. The predicted molar refractivity (Wildman–Crippen MR) is 84.6 cm³/mol. The van der Waals surface area contributed by atoms with Gasteiger partial charge in [0, 0.05) is 17.1 Å². The summed E-state index contributed by atoms with van der Waals surface area (Å²) >= 11 is 1.38. The number of rotatable bonds is 3. The lowest BCUT2D eigenvalue weighted by Crippen LogP contribution is -2.24. The first kappa shape index (κ1) is 14.2. The summed E-state index contributed by atoms with van der Waals surface area (Å²) in [5.41, 5.74) is 0.455. The smallest absolute Gasteiger partial charge is 0.277 e. The zero-order valence-corrected chi connectivity index (χ0v) is 12.5. The highest BCUT2D eigenvalue weighted by atomic mass is 32.1. The number of nitrogens with zero attached hydrogens (tertiary/aromatic N) is 3. The van der Waals surface area contributed by atoms with Crippen LogP contribution >= 0.6 is 11.3 Å². The molecule has 2 heterocycles. The Balaban J connectivity index is 1.92. The van der Waals surface area contributed by atoms with Gasteiger partial charge in [0.2, 0.25) is 0 Å². The van der Waals surface area contributed by atoms with Gasteiger partial charge in [-0.1, -0.05) is 18.2 Å². The molecule has 2 aromatic heterocycles. The Morgan fingerprint density at radius 1 is 1.18 bits per heavy atom. The minimum absolute atomic E-state index is 0.149. The number of aryl methyl sites for hydroxylation is 1. The van der Waals surface area contributed by atoms with Crippen LogP contribution in [0.2, 0.25) is 0 Å². The lowest BCUT2D eigenvalue weighted by molar-refractivity contribution is 0.102. The predicted octanol–water partition coefficient (Wildman–Crippen LogP) is 2.25. The molecule has 0 saturated carbocycles. The van der Waals surface area contributed by atoms with Gasteiger partial charge in [0.1, 0.15) is 5.69 Å². The Morgan fingerprint density at radius 3 is 2.64 bits per heavy atom. The van der Waals surface area contributed by atoms with E-state index in [9.17, 15) is 9.59 Å². The van der Waals surface area contributed by atoms with E-state index in [0.29, 0.717) is 10.8 Å². The highest BCUT2D eigenvalue weighted by Crippen LogP contribution is 2.17. The van der Waals surface area contributed by atoms with Gasteiger partial charge in [-0.05, 0) is 25.1 Å². The Bertz CT molecular complexity index is 871. The van der Waals surface area contributed by atoms with Gasteiger partial charge in [-0.15, -0.1) is 11.3 Å². The number of benzene rings is 1. The van der Waals surface area contributed by atoms with Gasteiger partial charge in [-0.2, -0.15) is 9.78 Å². The normalized spacial score (nSPS) is 10.4. The van der Waals surface area contributed by atoms with Crippen molar-refractivity contribution in [3.05, 3.63) is 69.6 Å². The number of carbonyl (C=O) groups excluding carboxylic acids is 1. The molecule has 0 radical (unpaired) electrons. The highest BCUT2D eigenvalue weighted by Gasteiger charge is 2.12. The molecule has 1 aromatic carbocycles. The minimum atomic E-state index is -0.404. The van der Waals surface area contributed by atoms with Crippen LogP contribution in [0.5, 0.6) is 0 Å². The van der Waals surface area contributed by atoms with Gasteiger partial charge in [0.25, 0.3) is 11.5 Å². The van der Waals surface area contributed by atoms with Gasteiger partial charge in [-0.25, -0.2) is 4.98 Å². The topological polar surface area (TPSA) is 76.9 Å². The molecule has 3 rings (SSSR count). The number of para-hydroxylation sites is 1. The zero-order chi connectivity index (χ0) is 15.5. The third-order valence-electron chi connectivity index (χ3n) is 2.88. The van der Waals surface area contributed by atoms with E-state index >= 15 is 0 Å². The Hall–Kier alpha value is -2.80. The SMILES string of the molecule is Cc1cnc(NC(=O)c2ccc(=O)n(-c3ccccc3)n2)s1. The van der Waals surface area contributed by atoms with E-state index in [1.807, 2.05) is 13.0 Å². The highest BCUT2D eigenvalue weighted by molar-refractivity contribution is 7.15. The monoisotopic (exact) mass is 312 g/mol.